The van der Waals surface area contributed by atoms with Crippen LogP contribution in [0.15, 0.2) is 77.7 Å². The number of carbonyl (C=O) groups excluding carboxylic acids is 1. The summed E-state index contributed by atoms with van der Waals surface area (Å²) in [6.45, 7) is 0.597. The monoisotopic (exact) mass is 411 g/mol. The Balaban J connectivity index is 1.45. The predicted octanol–water partition coefficient (Wildman–Crippen LogP) is 5.61. The van der Waals surface area contributed by atoms with E-state index >= 15 is 0 Å². The summed E-state index contributed by atoms with van der Waals surface area (Å²) in [6, 6.07) is 23.4. The van der Waals surface area contributed by atoms with Gasteiger partial charge in [-0.15, -0.1) is 11.8 Å². The standard InChI is InChI=1S/C23H22ClNO2S/c1-27-21-10-4-17(5-11-21)14-15-25-23(26)19-6-2-18(3-7-19)16-28-22-12-8-20(24)9-13-22/h2-13H,14-16H2,1H3,(H,25,26). The molecule has 0 aliphatic rings. The summed E-state index contributed by atoms with van der Waals surface area (Å²) in [5.41, 5.74) is 3.01. The molecule has 0 aromatic heterocycles. The molecule has 5 heteroatoms. The highest BCUT2D eigenvalue weighted by molar-refractivity contribution is 7.98. The molecule has 0 aliphatic carbocycles. The van der Waals surface area contributed by atoms with Crippen LogP contribution < -0.4 is 10.1 Å². The Bertz CT molecular complexity index is 893. The average Bonchev–Trinajstić information content (AvgIpc) is 2.74. The second kappa shape index (κ2) is 10.2. The van der Waals surface area contributed by atoms with Gasteiger partial charge in [-0.05, 0) is 66.1 Å². The minimum atomic E-state index is -0.0505. The lowest BCUT2D eigenvalue weighted by Gasteiger charge is -2.07. The summed E-state index contributed by atoms with van der Waals surface area (Å²) in [5, 5.41) is 3.71. The van der Waals surface area contributed by atoms with Gasteiger partial charge in [0.15, 0.2) is 0 Å². The molecule has 1 N–H and O–H groups in total. The van der Waals surface area contributed by atoms with Crippen LogP contribution in [0.2, 0.25) is 5.02 Å². The molecule has 3 aromatic carbocycles. The molecule has 0 atom stereocenters. The number of ether oxygens (including phenoxy) is 1. The van der Waals surface area contributed by atoms with Crippen molar-refractivity contribution in [2.45, 2.75) is 17.1 Å². The molecule has 0 saturated heterocycles. The quantitative estimate of drug-likeness (QED) is 0.489. The molecule has 1 amide bonds. The zero-order valence-electron chi connectivity index (χ0n) is 15.7. The van der Waals surface area contributed by atoms with E-state index in [2.05, 4.69) is 5.32 Å². The molecule has 3 nitrogen and oxygen atoms in total. The Hall–Kier alpha value is -2.43. The Morgan fingerprint density at radius 2 is 1.57 bits per heavy atom. The number of benzene rings is 3. The zero-order valence-corrected chi connectivity index (χ0v) is 17.2. The maximum absolute atomic E-state index is 12.3. The summed E-state index contributed by atoms with van der Waals surface area (Å²) in [6.07, 6.45) is 0.783. The largest absolute Gasteiger partial charge is 0.497 e. The molecule has 0 aliphatic heterocycles. The van der Waals surface area contributed by atoms with Crippen molar-refractivity contribution < 1.29 is 9.53 Å². The fraction of sp³-hybridized carbons (Fsp3) is 0.174. The molecule has 0 spiro atoms. The van der Waals surface area contributed by atoms with E-state index in [0.717, 1.165) is 28.5 Å². The number of amides is 1. The second-order valence-corrected chi connectivity index (χ2v) is 7.78. The molecular formula is C23H22ClNO2S. The molecule has 0 bridgehead atoms. The Morgan fingerprint density at radius 3 is 2.21 bits per heavy atom. The highest BCUT2D eigenvalue weighted by Gasteiger charge is 2.05. The molecule has 3 rings (SSSR count). The molecule has 144 valence electrons. The van der Waals surface area contributed by atoms with Gasteiger partial charge in [0.2, 0.25) is 0 Å². The minimum absolute atomic E-state index is 0.0505. The SMILES string of the molecule is COc1ccc(CCNC(=O)c2ccc(CSc3ccc(Cl)cc3)cc2)cc1. The van der Waals surface area contributed by atoms with E-state index in [9.17, 15) is 4.79 Å². The van der Waals surface area contributed by atoms with E-state index in [1.54, 1.807) is 18.9 Å². The van der Waals surface area contributed by atoms with Crippen LogP contribution in [0.3, 0.4) is 0 Å². The molecular weight excluding hydrogens is 390 g/mol. The number of halogens is 1. The minimum Gasteiger partial charge on any atom is -0.497 e. The first-order valence-corrected chi connectivity index (χ1v) is 10.4. The van der Waals surface area contributed by atoms with E-state index in [0.29, 0.717) is 12.1 Å². The van der Waals surface area contributed by atoms with Gasteiger partial charge in [-0.2, -0.15) is 0 Å². The van der Waals surface area contributed by atoms with Crippen molar-refractivity contribution in [2.75, 3.05) is 13.7 Å². The molecule has 3 aromatic rings. The van der Waals surface area contributed by atoms with E-state index < -0.39 is 0 Å². The topological polar surface area (TPSA) is 38.3 Å². The van der Waals surface area contributed by atoms with E-state index in [4.69, 9.17) is 16.3 Å². The van der Waals surface area contributed by atoms with Crippen molar-refractivity contribution in [1.82, 2.24) is 5.32 Å². The Kier molecular flexibility index (Phi) is 7.40. The van der Waals surface area contributed by atoms with Gasteiger partial charge in [0, 0.05) is 27.8 Å². The van der Waals surface area contributed by atoms with E-state index in [-0.39, 0.29) is 5.91 Å². The summed E-state index contributed by atoms with van der Waals surface area (Å²) >= 11 is 7.65. The molecule has 0 radical (unpaired) electrons. The summed E-state index contributed by atoms with van der Waals surface area (Å²) in [4.78, 5) is 13.5. The second-order valence-electron chi connectivity index (χ2n) is 6.29. The van der Waals surface area contributed by atoms with Crippen LogP contribution in [-0.2, 0) is 12.2 Å². The van der Waals surface area contributed by atoms with Crippen molar-refractivity contribution >= 4 is 29.3 Å². The smallest absolute Gasteiger partial charge is 0.251 e. The number of nitrogens with one attached hydrogen (secondary N) is 1. The Labute approximate surface area is 175 Å². The van der Waals surface area contributed by atoms with E-state index in [1.807, 2.05) is 72.8 Å². The molecule has 28 heavy (non-hydrogen) atoms. The maximum Gasteiger partial charge on any atom is 0.251 e. The van der Waals surface area contributed by atoms with Crippen molar-refractivity contribution in [2.24, 2.45) is 0 Å². The average molecular weight is 412 g/mol. The van der Waals surface area contributed by atoms with Gasteiger partial charge in [0.05, 0.1) is 7.11 Å². The Morgan fingerprint density at radius 1 is 0.929 bits per heavy atom. The maximum atomic E-state index is 12.3. The van der Waals surface area contributed by atoms with Crippen LogP contribution in [-0.4, -0.2) is 19.6 Å². The van der Waals surface area contributed by atoms with Crippen LogP contribution in [0.4, 0.5) is 0 Å². The number of thioether (sulfide) groups is 1. The number of rotatable bonds is 8. The lowest BCUT2D eigenvalue weighted by Crippen LogP contribution is -2.25. The van der Waals surface area contributed by atoms with Gasteiger partial charge in [0.1, 0.15) is 5.75 Å². The molecule has 0 unspecified atom stereocenters. The van der Waals surface area contributed by atoms with Crippen molar-refractivity contribution in [1.29, 1.82) is 0 Å². The lowest BCUT2D eigenvalue weighted by molar-refractivity contribution is 0.0954. The molecule has 0 fully saturated rings. The third-order valence-electron chi connectivity index (χ3n) is 4.29. The summed E-state index contributed by atoms with van der Waals surface area (Å²) in [5.74, 6) is 1.63. The number of hydrogen-bond donors (Lipinski definition) is 1. The summed E-state index contributed by atoms with van der Waals surface area (Å²) in [7, 11) is 1.65. The number of hydrogen-bond acceptors (Lipinski definition) is 3. The fourth-order valence-electron chi connectivity index (χ4n) is 2.66. The zero-order chi connectivity index (χ0) is 19.8. The molecule has 0 saturated carbocycles. The molecule has 0 heterocycles. The third kappa shape index (κ3) is 6.04. The number of methoxy groups -OCH3 is 1. The van der Waals surface area contributed by atoms with Crippen LogP contribution in [0, 0.1) is 0 Å². The van der Waals surface area contributed by atoms with Crippen LogP contribution in [0.1, 0.15) is 21.5 Å². The highest BCUT2D eigenvalue weighted by Crippen LogP contribution is 2.24. The van der Waals surface area contributed by atoms with Gasteiger partial charge < -0.3 is 10.1 Å². The van der Waals surface area contributed by atoms with Crippen LogP contribution in [0.5, 0.6) is 5.75 Å². The van der Waals surface area contributed by atoms with Gasteiger partial charge in [0.25, 0.3) is 5.91 Å². The van der Waals surface area contributed by atoms with Crippen LogP contribution >= 0.6 is 23.4 Å². The highest BCUT2D eigenvalue weighted by atomic mass is 35.5. The van der Waals surface area contributed by atoms with Crippen molar-refractivity contribution in [3.63, 3.8) is 0 Å². The van der Waals surface area contributed by atoms with Gasteiger partial charge in [-0.25, -0.2) is 0 Å². The number of carbonyl (C=O) groups is 1. The first-order chi connectivity index (χ1) is 13.6. The lowest BCUT2D eigenvalue weighted by atomic mass is 10.1. The first-order valence-electron chi connectivity index (χ1n) is 9.02. The normalized spacial score (nSPS) is 10.5. The summed E-state index contributed by atoms with van der Waals surface area (Å²) < 4.78 is 5.15. The van der Waals surface area contributed by atoms with E-state index in [1.165, 1.54) is 10.5 Å². The van der Waals surface area contributed by atoms with Crippen molar-refractivity contribution in [3.8, 4) is 5.75 Å². The predicted molar refractivity (Wildman–Crippen MR) is 116 cm³/mol. The third-order valence-corrected chi connectivity index (χ3v) is 5.63. The first kappa shape index (κ1) is 20.3. The van der Waals surface area contributed by atoms with Gasteiger partial charge in [-0.1, -0.05) is 35.9 Å². The van der Waals surface area contributed by atoms with Gasteiger partial charge >= 0.3 is 0 Å². The van der Waals surface area contributed by atoms with Gasteiger partial charge in [-0.3, -0.25) is 4.79 Å². The van der Waals surface area contributed by atoms with Crippen molar-refractivity contribution in [3.05, 3.63) is 94.5 Å². The fourth-order valence-corrected chi connectivity index (χ4v) is 3.64. The van der Waals surface area contributed by atoms with Crippen LogP contribution in [0.25, 0.3) is 0 Å².